The number of rotatable bonds is 12. The fourth-order valence-corrected chi connectivity index (χ4v) is 9.84. The van der Waals surface area contributed by atoms with E-state index in [1.807, 2.05) is 94.8 Å². The van der Waals surface area contributed by atoms with Crippen molar-refractivity contribution in [3.05, 3.63) is 143 Å². The number of carbonyl (C=O) groups excluding carboxylic acids is 1. The highest BCUT2D eigenvalue weighted by molar-refractivity contribution is 8.04. The maximum absolute atomic E-state index is 13.7. The van der Waals surface area contributed by atoms with E-state index in [0.717, 1.165) is 53.5 Å². The van der Waals surface area contributed by atoms with Gasteiger partial charge in [0.1, 0.15) is 0 Å². The molecule has 1 aliphatic carbocycles. The molecule has 54 heavy (non-hydrogen) atoms. The molecule has 0 aromatic heterocycles. The van der Waals surface area contributed by atoms with Crippen molar-refractivity contribution in [1.29, 1.82) is 0 Å². The standard InChI is InChI=1S/C41H38N2O7S4/c44-41-31(17-21-39-42(23-7-25-53(45,46)47)35-27-33(15-19-37(35)51-39)29-9-3-1-4-10-29)13-14-32(41)18-22-40-43(24-8-26-54(48,49)50)36-28-34(16-20-38(36)52-40)30-11-5-2-6-12-30/h1-6,9-12,15-22,27-28H,7-8,13-14,23-26H2,(H,45,46,47)(H,48,49,50)/b31-17+,32-18+,39-21-,40-22-. The molecule has 3 aliphatic rings. The first kappa shape index (κ1) is 37.9. The maximum Gasteiger partial charge on any atom is 0.264 e. The molecule has 0 radical (unpaired) electrons. The number of fused-ring (bicyclic) bond motifs is 2. The number of Topliss-reactive ketones (excluding diaryl/α,β-unsaturated/α-hetero) is 1. The summed E-state index contributed by atoms with van der Waals surface area (Å²) in [4.78, 5) is 19.8. The summed E-state index contributed by atoms with van der Waals surface area (Å²) in [6, 6.07) is 32.4. The highest BCUT2D eigenvalue weighted by atomic mass is 32.2. The second-order valence-electron chi connectivity index (χ2n) is 13.1. The molecule has 1 saturated carbocycles. The number of hydrogen-bond acceptors (Lipinski definition) is 9. The van der Waals surface area contributed by atoms with Crippen LogP contribution in [0.4, 0.5) is 11.4 Å². The average Bonchev–Trinajstić information content (AvgIpc) is 3.81. The van der Waals surface area contributed by atoms with Gasteiger partial charge in [0.25, 0.3) is 20.2 Å². The Bertz CT molecular complexity index is 2260. The third-order valence-electron chi connectivity index (χ3n) is 9.34. The van der Waals surface area contributed by atoms with Gasteiger partial charge in [0.05, 0.1) is 32.9 Å². The average molecular weight is 799 g/mol. The van der Waals surface area contributed by atoms with E-state index in [1.165, 1.54) is 0 Å². The lowest BCUT2D eigenvalue weighted by Gasteiger charge is -2.20. The molecule has 0 amide bonds. The van der Waals surface area contributed by atoms with Gasteiger partial charge in [-0.25, -0.2) is 0 Å². The molecule has 2 aliphatic heterocycles. The number of thioether (sulfide) groups is 2. The summed E-state index contributed by atoms with van der Waals surface area (Å²) < 4.78 is 64.9. The summed E-state index contributed by atoms with van der Waals surface area (Å²) in [6.45, 7) is 0.737. The quantitative estimate of drug-likeness (QED) is 0.105. The van der Waals surface area contributed by atoms with Crippen LogP contribution in [0, 0.1) is 0 Å². The van der Waals surface area contributed by atoms with E-state index in [0.29, 0.717) is 37.1 Å². The Kier molecular flexibility index (Phi) is 11.3. The van der Waals surface area contributed by atoms with Crippen molar-refractivity contribution in [3.8, 4) is 22.3 Å². The summed E-state index contributed by atoms with van der Waals surface area (Å²) in [5.74, 6) is -0.750. The van der Waals surface area contributed by atoms with Gasteiger partial charge in [-0.1, -0.05) is 108 Å². The minimum atomic E-state index is -4.11. The van der Waals surface area contributed by atoms with Gasteiger partial charge in [-0.2, -0.15) is 16.8 Å². The number of allylic oxidation sites excluding steroid dienone is 6. The first-order valence-electron chi connectivity index (χ1n) is 17.5. The molecule has 2 N–H and O–H groups in total. The highest BCUT2D eigenvalue weighted by Gasteiger charge is 2.29. The third-order valence-corrected chi connectivity index (χ3v) is 13.2. The lowest BCUT2D eigenvalue weighted by molar-refractivity contribution is -0.111. The number of anilines is 2. The third kappa shape index (κ3) is 9.11. The van der Waals surface area contributed by atoms with Crippen molar-refractivity contribution < 1.29 is 30.7 Å². The van der Waals surface area contributed by atoms with Crippen LogP contribution < -0.4 is 9.80 Å². The van der Waals surface area contributed by atoms with Gasteiger partial charge >= 0.3 is 0 Å². The number of hydrogen-bond donors (Lipinski definition) is 2. The van der Waals surface area contributed by atoms with Crippen LogP contribution in [0.2, 0.25) is 0 Å². The first-order chi connectivity index (χ1) is 25.9. The Morgan fingerprint density at radius 1 is 0.556 bits per heavy atom. The monoisotopic (exact) mass is 798 g/mol. The Hall–Kier alpha value is -4.37. The summed E-state index contributed by atoms with van der Waals surface area (Å²) >= 11 is 3.11. The van der Waals surface area contributed by atoms with Crippen LogP contribution >= 0.6 is 23.5 Å². The fraction of sp³-hybridized carbons (Fsp3) is 0.195. The van der Waals surface area contributed by atoms with Crippen molar-refractivity contribution in [3.63, 3.8) is 0 Å². The maximum atomic E-state index is 13.7. The predicted molar refractivity (Wildman–Crippen MR) is 219 cm³/mol. The number of benzene rings is 4. The number of carbonyl (C=O) groups is 1. The molecule has 13 heteroatoms. The highest BCUT2D eigenvalue weighted by Crippen LogP contribution is 2.49. The van der Waals surface area contributed by atoms with Crippen LogP contribution in [0.3, 0.4) is 0 Å². The van der Waals surface area contributed by atoms with Gasteiger partial charge in [0.15, 0.2) is 5.78 Å². The van der Waals surface area contributed by atoms with Crippen LogP contribution in [0.5, 0.6) is 0 Å². The summed E-state index contributed by atoms with van der Waals surface area (Å²) in [7, 11) is -8.23. The molecular formula is C41H38N2O7S4. The van der Waals surface area contributed by atoms with Crippen LogP contribution in [0.15, 0.2) is 152 Å². The van der Waals surface area contributed by atoms with Crippen molar-refractivity contribution in [2.45, 2.75) is 35.5 Å². The molecule has 0 atom stereocenters. The minimum absolute atomic E-state index is 0.0432. The van der Waals surface area contributed by atoms with Gasteiger partial charge in [-0.05, 0) is 84.4 Å². The van der Waals surface area contributed by atoms with Crippen LogP contribution in [0.1, 0.15) is 25.7 Å². The molecule has 278 valence electrons. The summed E-state index contributed by atoms with van der Waals surface area (Å²) in [5.41, 5.74) is 7.41. The summed E-state index contributed by atoms with van der Waals surface area (Å²) in [6.07, 6.45) is 9.14. The van der Waals surface area contributed by atoms with Crippen LogP contribution in [-0.4, -0.2) is 56.3 Å². The molecule has 0 spiro atoms. The van der Waals surface area contributed by atoms with Crippen molar-refractivity contribution in [2.24, 2.45) is 0 Å². The Balaban J connectivity index is 1.12. The van der Waals surface area contributed by atoms with E-state index >= 15 is 0 Å². The largest absolute Gasteiger partial charge is 0.335 e. The van der Waals surface area contributed by atoms with Crippen LogP contribution in [-0.2, 0) is 25.0 Å². The Labute approximate surface area is 324 Å². The SMILES string of the molecule is O=C1/C(=C/C=C2\Sc3ccc(-c4ccccc4)cc3N2CCCS(=O)(=O)O)CC/C1=C\C=C1/Sc2ccc(-c3ccccc3)cc2N1CCCS(=O)(=O)O. The number of nitrogens with zero attached hydrogens (tertiary/aromatic N) is 2. The molecule has 9 nitrogen and oxygen atoms in total. The zero-order chi connectivity index (χ0) is 37.9. The Morgan fingerprint density at radius 3 is 1.35 bits per heavy atom. The fourth-order valence-electron chi connectivity index (χ4n) is 6.71. The predicted octanol–water partition coefficient (Wildman–Crippen LogP) is 9.00. The smallest absolute Gasteiger partial charge is 0.264 e. The Morgan fingerprint density at radius 2 is 0.963 bits per heavy atom. The molecule has 4 aromatic carbocycles. The van der Waals surface area contributed by atoms with Crippen LogP contribution in [0.25, 0.3) is 22.3 Å². The second-order valence-corrected chi connectivity index (χ2v) is 18.4. The second kappa shape index (κ2) is 16.2. The van der Waals surface area contributed by atoms with Crippen molar-refractivity contribution in [2.75, 3.05) is 34.4 Å². The van der Waals surface area contributed by atoms with E-state index in [4.69, 9.17) is 0 Å². The van der Waals surface area contributed by atoms with Gasteiger partial charge in [0.2, 0.25) is 0 Å². The summed E-state index contributed by atoms with van der Waals surface area (Å²) in [5, 5.41) is 1.72. The van der Waals surface area contributed by atoms with Crippen molar-refractivity contribution in [1.82, 2.24) is 0 Å². The molecule has 0 unspecified atom stereocenters. The van der Waals surface area contributed by atoms with Gasteiger partial charge in [-0.15, -0.1) is 0 Å². The van der Waals surface area contributed by atoms with Gasteiger partial charge in [0, 0.05) is 34.0 Å². The van der Waals surface area contributed by atoms with E-state index in [2.05, 4.69) is 36.4 Å². The molecule has 4 aromatic rings. The van der Waals surface area contributed by atoms with Crippen molar-refractivity contribution >= 4 is 60.9 Å². The number of ketones is 1. The van der Waals surface area contributed by atoms with E-state index < -0.39 is 20.2 Å². The normalized spacial score (nSPS) is 18.7. The molecule has 0 saturated heterocycles. The lowest BCUT2D eigenvalue weighted by atomic mass is 10.0. The molecule has 1 fully saturated rings. The first-order valence-corrected chi connectivity index (χ1v) is 22.3. The molecule has 2 heterocycles. The molecular weight excluding hydrogens is 761 g/mol. The zero-order valence-electron chi connectivity index (χ0n) is 29.2. The van der Waals surface area contributed by atoms with E-state index in [1.54, 1.807) is 23.5 Å². The lowest BCUT2D eigenvalue weighted by Crippen LogP contribution is -2.21. The van der Waals surface area contributed by atoms with E-state index in [9.17, 15) is 30.7 Å². The molecule has 0 bridgehead atoms. The minimum Gasteiger partial charge on any atom is -0.335 e. The zero-order valence-corrected chi connectivity index (χ0v) is 32.4. The molecule has 7 rings (SSSR count). The topological polar surface area (TPSA) is 132 Å². The van der Waals surface area contributed by atoms with E-state index in [-0.39, 0.29) is 30.1 Å². The van der Waals surface area contributed by atoms with Gasteiger partial charge < -0.3 is 9.80 Å². The van der Waals surface area contributed by atoms with Gasteiger partial charge in [-0.3, -0.25) is 13.9 Å².